The molecule has 2 fully saturated rings. The predicted molar refractivity (Wildman–Crippen MR) is 152 cm³/mol. The highest BCUT2D eigenvalue weighted by atomic mass is 32.2. The number of nitrogens with one attached hydrogen (secondary N) is 2. The third kappa shape index (κ3) is 7.20. The first-order valence-corrected chi connectivity index (χ1v) is 15.8. The van der Waals surface area contributed by atoms with E-state index < -0.39 is 26.9 Å². The fourth-order valence-electron chi connectivity index (χ4n) is 5.37. The van der Waals surface area contributed by atoms with Gasteiger partial charge >= 0.3 is 6.36 Å². The highest BCUT2D eigenvalue weighted by Crippen LogP contribution is 2.38. The number of hydrazine groups is 2. The van der Waals surface area contributed by atoms with Gasteiger partial charge in [-0.1, -0.05) is 0 Å². The molecule has 2 aliphatic heterocycles. The van der Waals surface area contributed by atoms with E-state index in [-0.39, 0.29) is 23.5 Å². The maximum absolute atomic E-state index is 13.7. The molecule has 0 aromatic heterocycles. The third-order valence-corrected chi connectivity index (χ3v) is 10.5. The molecular weight excluding hydrogens is 605 g/mol. The molecule has 3 aliphatic rings. The molecule has 240 valence electrons. The summed E-state index contributed by atoms with van der Waals surface area (Å²) in [5.74, 6) is 0.302. The normalized spacial score (nSPS) is 19.3. The second-order valence-electron chi connectivity index (χ2n) is 11.1. The summed E-state index contributed by atoms with van der Waals surface area (Å²) in [6.07, 6.45) is -1.69. The summed E-state index contributed by atoms with van der Waals surface area (Å²) in [7, 11) is -2.38. The van der Waals surface area contributed by atoms with Crippen LogP contribution in [0.5, 0.6) is 11.5 Å². The highest BCUT2D eigenvalue weighted by Gasteiger charge is 2.53. The SMILES string of the molecule is CN1NC(c2ccc(OC(F)(F)F)cc2)=NN1CCCOc1ccc(S(=O)(=O)C2(C(=O)NO)CCN(CC3CC3)CC2)cc1. The molecule has 1 saturated heterocycles. The van der Waals surface area contributed by atoms with Gasteiger partial charge in [0.25, 0.3) is 5.91 Å². The molecule has 44 heavy (non-hydrogen) atoms. The van der Waals surface area contributed by atoms with Crippen molar-refractivity contribution in [3.05, 3.63) is 54.1 Å². The third-order valence-electron chi connectivity index (χ3n) is 8.00. The maximum atomic E-state index is 13.7. The van der Waals surface area contributed by atoms with Crippen LogP contribution in [0.3, 0.4) is 0 Å². The number of hydroxylamine groups is 1. The fourth-order valence-corrected chi connectivity index (χ4v) is 7.33. The van der Waals surface area contributed by atoms with Gasteiger partial charge in [0, 0.05) is 38.7 Å². The first kappa shape index (κ1) is 31.8. The number of carbonyl (C=O) groups is 1. The molecule has 2 heterocycles. The molecule has 12 nitrogen and oxygen atoms in total. The minimum absolute atomic E-state index is 0.0197. The summed E-state index contributed by atoms with van der Waals surface area (Å²) in [4.78, 5) is 14.9. The Labute approximate surface area is 253 Å². The van der Waals surface area contributed by atoms with E-state index in [9.17, 15) is 31.6 Å². The lowest BCUT2D eigenvalue weighted by Gasteiger charge is -2.39. The molecule has 3 N–H and O–H groups in total. The van der Waals surface area contributed by atoms with Gasteiger partial charge in [-0.3, -0.25) is 15.4 Å². The largest absolute Gasteiger partial charge is 0.573 e. The van der Waals surface area contributed by atoms with Gasteiger partial charge in [-0.25, -0.2) is 19.0 Å². The summed E-state index contributed by atoms with van der Waals surface area (Å²) in [5.41, 5.74) is 5.18. The number of likely N-dealkylation sites (tertiary alicyclic amines) is 1. The molecule has 2 aromatic carbocycles. The Kier molecular flexibility index (Phi) is 9.25. The first-order valence-electron chi connectivity index (χ1n) is 14.3. The summed E-state index contributed by atoms with van der Waals surface area (Å²) in [6, 6.07) is 11.2. The summed E-state index contributed by atoms with van der Waals surface area (Å²) < 4.78 is 72.5. The van der Waals surface area contributed by atoms with Crippen molar-refractivity contribution >= 4 is 21.6 Å². The number of hydrogen-bond donors (Lipinski definition) is 3. The van der Waals surface area contributed by atoms with Gasteiger partial charge in [-0.2, -0.15) is 0 Å². The van der Waals surface area contributed by atoms with Gasteiger partial charge in [-0.05, 0) is 80.1 Å². The van der Waals surface area contributed by atoms with Gasteiger partial charge in [0.2, 0.25) is 0 Å². The van der Waals surface area contributed by atoms with Crippen LogP contribution in [0.15, 0.2) is 58.5 Å². The van der Waals surface area contributed by atoms with Gasteiger partial charge in [0.1, 0.15) is 11.5 Å². The molecule has 0 radical (unpaired) electrons. The van der Waals surface area contributed by atoms with Crippen LogP contribution in [0.2, 0.25) is 0 Å². The Morgan fingerprint density at radius 3 is 2.32 bits per heavy atom. The number of amidine groups is 1. The van der Waals surface area contributed by atoms with Crippen LogP contribution >= 0.6 is 0 Å². The van der Waals surface area contributed by atoms with Crippen LogP contribution in [-0.4, -0.2) is 91.4 Å². The highest BCUT2D eigenvalue weighted by molar-refractivity contribution is 7.93. The number of rotatable bonds is 12. The summed E-state index contributed by atoms with van der Waals surface area (Å²) >= 11 is 0. The number of benzene rings is 2. The van der Waals surface area contributed by atoms with Crippen molar-refractivity contribution < 1.29 is 41.1 Å². The molecule has 1 amide bonds. The van der Waals surface area contributed by atoms with Crippen LogP contribution in [0, 0.1) is 5.92 Å². The topological polar surface area (TPSA) is 136 Å². The smallest absolute Gasteiger partial charge is 0.494 e. The number of halogens is 3. The first-order chi connectivity index (χ1) is 20.9. The molecule has 1 aliphatic carbocycles. The van der Waals surface area contributed by atoms with Crippen LogP contribution in [-0.2, 0) is 14.6 Å². The number of amides is 1. The van der Waals surface area contributed by atoms with Gasteiger partial charge in [0.05, 0.1) is 18.0 Å². The average Bonchev–Trinajstić information content (AvgIpc) is 3.74. The Morgan fingerprint density at radius 1 is 1.09 bits per heavy atom. The minimum Gasteiger partial charge on any atom is -0.494 e. The molecule has 0 unspecified atom stereocenters. The lowest BCUT2D eigenvalue weighted by molar-refractivity contribution is -0.274. The van der Waals surface area contributed by atoms with E-state index in [2.05, 4.69) is 20.2 Å². The van der Waals surface area contributed by atoms with E-state index in [1.54, 1.807) is 22.8 Å². The zero-order valence-corrected chi connectivity index (χ0v) is 24.9. The van der Waals surface area contributed by atoms with E-state index in [0.29, 0.717) is 55.7 Å². The zero-order chi connectivity index (χ0) is 31.5. The molecule has 1 saturated carbocycles. The van der Waals surface area contributed by atoms with Crippen molar-refractivity contribution in [2.24, 2.45) is 11.0 Å². The number of nitrogens with zero attached hydrogens (tertiary/aromatic N) is 4. The van der Waals surface area contributed by atoms with E-state index in [1.165, 1.54) is 61.4 Å². The van der Waals surface area contributed by atoms with Crippen molar-refractivity contribution in [2.45, 2.75) is 48.1 Å². The number of alkyl halides is 3. The van der Waals surface area contributed by atoms with E-state index in [0.717, 1.165) is 6.54 Å². The average molecular weight is 641 g/mol. The summed E-state index contributed by atoms with van der Waals surface area (Å²) in [6.45, 7) is 2.56. The molecule has 5 rings (SSSR count). The number of hydrazone groups is 1. The van der Waals surface area contributed by atoms with Crippen LogP contribution in [0.4, 0.5) is 13.2 Å². The lowest BCUT2D eigenvalue weighted by Crippen LogP contribution is -2.57. The van der Waals surface area contributed by atoms with Crippen LogP contribution < -0.4 is 20.4 Å². The molecule has 0 spiro atoms. The standard InChI is InChI=1S/C28H35F3N6O6S/c1-35-32-25(21-5-7-23(8-6-21)43-28(29,30)31)33-37(35)15-2-18-42-22-9-11-24(12-10-22)44(40,41)27(26(38)34-39)13-16-36(17-14-27)19-20-3-4-20/h5-12,20,39H,2-4,13-19H2,1H3,(H,32,33)(H,34,38). The van der Waals surface area contributed by atoms with Crippen molar-refractivity contribution in [1.29, 1.82) is 0 Å². The predicted octanol–water partition coefficient (Wildman–Crippen LogP) is 2.91. The van der Waals surface area contributed by atoms with E-state index in [1.807, 2.05) is 0 Å². The monoisotopic (exact) mass is 640 g/mol. The second-order valence-corrected chi connectivity index (χ2v) is 13.4. The van der Waals surface area contributed by atoms with Gasteiger partial charge < -0.3 is 14.4 Å². The minimum atomic E-state index is -4.77. The summed E-state index contributed by atoms with van der Waals surface area (Å²) in [5, 5.41) is 17.1. The number of sulfone groups is 1. The van der Waals surface area contributed by atoms with Crippen LogP contribution in [0.25, 0.3) is 0 Å². The zero-order valence-electron chi connectivity index (χ0n) is 24.1. The van der Waals surface area contributed by atoms with Gasteiger partial charge in [0.15, 0.2) is 20.4 Å². The Morgan fingerprint density at radius 2 is 1.73 bits per heavy atom. The molecule has 16 heteroatoms. The Balaban J connectivity index is 1.13. The quantitative estimate of drug-likeness (QED) is 0.181. The fraction of sp³-hybridized carbons (Fsp3) is 0.500. The number of hydrogen-bond acceptors (Lipinski definition) is 11. The van der Waals surface area contributed by atoms with Crippen molar-refractivity contribution in [1.82, 2.24) is 26.0 Å². The molecule has 2 aromatic rings. The number of piperidine rings is 1. The van der Waals surface area contributed by atoms with E-state index in [4.69, 9.17) is 4.74 Å². The van der Waals surface area contributed by atoms with Crippen molar-refractivity contribution in [3.63, 3.8) is 0 Å². The molecule has 0 bridgehead atoms. The maximum Gasteiger partial charge on any atom is 0.573 e. The number of ether oxygens (including phenoxy) is 2. The van der Waals surface area contributed by atoms with Crippen molar-refractivity contribution in [3.8, 4) is 11.5 Å². The van der Waals surface area contributed by atoms with Crippen molar-refractivity contribution in [2.75, 3.05) is 39.8 Å². The van der Waals surface area contributed by atoms with E-state index >= 15 is 0 Å². The lowest BCUT2D eigenvalue weighted by atomic mass is 9.94. The van der Waals surface area contributed by atoms with Gasteiger partial charge in [-0.15, -0.1) is 23.4 Å². The molecular formula is C28H35F3N6O6S. The van der Waals surface area contributed by atoms with Crippen LogP contribution in [0.1, 0.15) is 37.7 Å². The Bertz CT molecular complexity index is 1440. The molecule has 0 atom stereocenters. The number of carbonyl (C=O) groups excluding carboxylic acids is 1. The second kappa shape index (κ2) is 12.8. The Hall–Kier alpha value is -3.60.